The van der Waals surface area contributed by atoms with Gasteiger partial charge in [-0.25, -0.2) is 13.1 Å². The number of rotatable bonds is 7. The van der Waals surface area contributed by atoms with Gasteiger partial charge in [0.25, 0.3) is 10.0 Å². The molecule has 0 fully saturated rings. The minimum absolute atomic E-state index is 0.0259. The van der Waals surface area contributed by atoms with Crippen LogP contribution < -0.4 is 14.2 Å². The highest BCUT2D eigenvalue weighted by molar-refractivity contribution is 7.93. The molecule has 0 aliphatic heterocycles. The van der Waals surface area contributed by atoms with Crippen LogP contribution in [0.25, 0.3) is 10.9 Å². The van der Waals surface area contributed by atoms with Gasteiger partial charge in [-0.2, -0.15) is 23.1 Å². The predicted octanol–water partition coefficient (Wildman–Crippen LogP) is 3.92. The van der Waals surface area contributed by atoms with Crippen molar-refractivity contribution in [2.75, 3.05) is 18.9 Å². The molecule has 2 heterocycles. The van der Waals surface area contributed by atoms with Gasteiger partial charge >= 0.3 is 6.18 Å². The lowest BCUT2D eigenvalue weighted by atomic mass is 10.1. The number of ether oxygens (including phenoxy) is 2. The van der Waals surface area contributed by atoms with Crippen molar-refractivity contribution in [2.45, 2.75) is 23.9 Å². The van der Waals surface area contributed by atoms with E-state index in [0.717, 1.165) is 0 Å². The van der Waals surface area contributed by atoms with E-state index in [4.69, 9.17) is 21.1 Å². The first-order valence-corrected chi connectivity index (χ1v) is 10.3. The van der Waals surface area contributed by atoms with E-state index in [1.165, 1.54) is 32.5 Å². The highest BCUT2D eigenvalue weighted by Gasteiger charge is 2.30. The predicted molar refractivity (Wildman–Crippen MR) is 104 cm³/mol. The standard InChI is InChI=1S/C17H16ClF3N4O4S/c1-28-14-11(5-6-17(19,20)21)15(29-2)24-16(23-14)25-30(26,27)13-8-22-12-7-9(18)3-4-10(12)13/h3-4,7-8,22H,5-6H2,1-2H3,(H,23,24,25). The zero-order chi connectivity index (χ0) is 22.1. The summed E-state index contributed by atoms with van der Waals surface area (Å²) in [5.74, 6) is -0.869. The third kappa shape index (κ3) is 4.70. The minimum Gasteiger partial charge on any atom is -0.481 e. The molecule has 0 saturated carbocycles. The molecule has 0 bridgehead atoms. The van der Waals surface area contributed by atoms with E-state index < -0.39 is 35.0 Å². The van der Waals surface area contributed by atoms with E-state index >= 15 is 0 Å². The van der Waals surface area contributed by atoms with E-state index in [0.29, 0.717) is 15.9 Å². The van der Waals surface area contributed by atoms with Gasteiger partial charge in [0.2, 0.25) is 17.7 Å². The molecule has 2 aromatic heterocycles. The second-order valence-electron chi connectivity index (χ2n) is 6.11. The Labute approximate surface area is 174 Å². The number of anilines is 1. The zero-order valence-electron chi connectivity index (χ0n) is 15.7. The summed E-state index contributed by atoms with van der Waals surface area (Å²) >= 11 is 5.90. The van der Waals surface area contributed by atoms with Gasteiger partial charge in [-0.1, -0.05) is 11.6 Å². The molecular formula is C17H16ClF3N4O4S. The SMILES string of the molecule is COc1nc(NS(=O)(=O)c2c[nH]c3cc(Cl)ccc23)nc(OC)c1CCC(F)(F)F. The van der Waals surface area contributed by atoms with Crippen LogP contribution in [0.1, 0.15) is 12.0 Å². The van der Waals surface area contributed by atoms with E-state index in [1.807, 2.05) is 0 Å². The van der Waals surface area contributed by atoms with Crippen LogP contribution in [0, 0.1) is 0 Å². The number of sulfonamides is 1. The Morgan fingerprint density at radius 1 is 1.17 bits per heavy atom. The number of alkyl halides is 3. The average Bonchev–Trinajstić information content (AvgIpc) is 3.09. The molecule has 162 valence electrons. The van der Waals surface area contributed by atoms with Crippen molar-refractivity contribution in [1.82, 2.24) is 15.0 Å². The number of fused-ring (bicyclic) bond motifs is 1. The molecule has 30 heavy (non-hydrogen) atoms. The average molecular weight is 465 g/mol. The molecule has 0 saturated heterocycles. The Morgan fingerprint density at radius 2 is 1.80 bits per heavy atom. The van der Waals surface area contributed by atoms with Crippen LogP contribution in [0.5, 0.6) is 11.8 Å². The van der Waals surface area contributed by atoms with Gasteiger partial charge in [0.15, 0.2) is 0 Å². The summed E-state index contributed by atoms with van der Waals surface area (Å²) in [6, 6.07) is 4.63. The summed E-state index contributed by atoms with van der Waals surface area (Å²) in [5.41, 5.74) is 0.475. The number of nitrogens with zero attached hydrogens (tertiary/aromatic N) is 2. The molecule has 0 aliphatic carbocycles. The van der Waals surface area contributed by atoms with Gasteiger partial charge in [-0.3, -0.25) is 0 Å². The Balaban J connectivity index is 1.97. The normalized spacial score (nSPS) is 12.2. The third-order valence-corrected chi connectivity index (χ3v) is 5.70. The van der Waals surface area contributed by atoms with Gasteiger partial charge < -0.3 is 14.5 Å². The molecule has 0 atom stereocenters. The van der Waals surface area contributed by atoms with Crippen LogP contribution in [0.15, 0.2) is 29.3 Å². The second kappa shape index (κ2) is 8.19. The van der Waals surface area contributed by atoms with Crippen LogP contribution in [0.4, 0.5) is 19.1 Å². The molecule has 0 spiro atoms. The van der Waals surface area contributed by atoms with Gasteiger partial charge in [0.1, 0.15) is 4.90 Å². The second-order valence-corrected chi connectivity index (χ2v) is 8.20. The number of H-pyrrole nitrogens is 1. The molecule has 0 radical (unpaired) electrons. The van der Waals surface area contributed by atoms with Crippen molar-refractivity contribution in [3.63, 3.8) is 0 Å². The molecule has 8 nitrogen and oxygen atoms in total. The molecule has 3 rings (SSSR count). The van der Waals surface area contributed by atoms with E-state index in [9.17, 15) is 21.6 Å². The minimum atomic E-state index is -4.41. The summed E-state index contributed by atoms with van der Waals surface area (Å²) < 4.78 is 75.7. The molecule has 13 heteroatoms. The molecule has 3 aromatic rings. The first-order chi connectivity index (χ1) is 14.0. The summed E-state index contributed by atoms with van der Waals surface area (Å²) in [6.45, 7) is 0. The van der Waals surface area contributed by atoms with Crippen molar-refractivity contribution in [3.8, 4) is 11.8 Å². The maximum absolute atomic E-state index is 12.8. The van der Waals surface area contributed by atoms with Crippen molar-refractivity contribution < 1.29 is 31.1 Å². The van der Waals surface area contributed by atoms with Crippen LogP contribution in [-0.4, -0.2) is 43.8 Å². The summed E-state index contributed by atoms with van der Waals surface area (Å²) in [6.07, 6.45) is -4.78. The van der Waals surface area contributed by atoms with Gasteiger partial charge in [0.05, 0.1) is 19.8 Å². The quantitative estimate of drug-likeness (QED) is 0.549. The smallest absolute Gasteiger partial charge is 0.389 e. The molecule has 2 N–H and O–H groups in total. The summed E-state index contributed by atoms with van der Waals surface area (Å²) in [5, 5.41) is 0.807. The molecule has 0 amide bonds. The Hall–Kier alpha value is -2.73. The molecular weight excluding hydrogens is 449 g/mol. The first-order valence-electron chi connectivity index (χ1n) is 8.39. The maximum Gasteiger partial charge on any atom is 0.389 e. The summed E-state index contributed by atoms with van der Waals surface area (Å²) in [7, 11) is -1.76. The van der Waals surface area contributed by atoms with E-state index in [2.05, 4.69) is 19.7 Å². The number of nitrogens with one attached hydrogen (secondary N) is 2. The fraction of sp³-hybridized carbons (Fsp3) is 0.294. The topological polar surface area (TPSA) is 106 Å². The number of halogens is 4. The molecule has 0 unspecified atom stereocenters. The van der Waals surface area contributed by atoms with Crippen LogP contribution in [-0.2, 0) is 16.4 Å². The number of hydrogen-bond acceptors (Lipinski definition) is 6. The fourth-order valence-corrected chi connectivity index (χ4v) is 4.07. The van der Waals surface area contributed by atoms with Gasteiger partial charge in [0, 0.05) is 28.5 Å². The highest BCUT2D eigenvalue weighted by atomic mass is 35.5. The zero-order valence-corrected chi connectivity index (χ0v) is 17.2. The number of aromatic nitrogens is 3. The summed E-state index contributed by atoms with van der Waals surface area (Å²) in [4.78, 5) is 10.5. The highest BCUT2D eigenvalue weighted by Crippen LogP contribution is 2.32. The number of aromatic amines is 1. The lowest BCUT2D eigenvalue weighted by Crippen LogP contribution is -2.17. The number of benzene rings is 1. The van der Waals surface area contributed by atoms with Crippen molar-refractivity contribution in [1.29, 1.82) is 0 Å². The number of hydrogen-bond donors (Lipinski definition) is 2. The van der Waals surface area contributed by atoms with Crippen LogP contribution in [0.3, 0.4) is 0 Å². The fourth-order valence-electron chi connectivity index (χ4n) is 2.78. The maximum atomic E-state index is 12.8. The number of methoxy groups -OCH3 is 2. The monoisotopic (exact) mass is 464 g/mol. The van der Waals surface area contributed by atoms with Crippen LogP contribution >= 0.6 is 11.6 Å². The van der Waals surface area contributed by atoms with E-state index in [1.54, 1.807) is 6.07 Å². The lowest BCUT2D eigenvalue weighted by molar-refractivity contribution is -0.134. The van der Waals surface area contributed by atoms with Gasteiger partial charge in [-0.05, 0) is 24.6 Å². The van der Waals surface area contributed by atoms with Crippen LogP contribution in [0.2, 0.25) is 5.02 Å². The Kier molecular flexibility index (Phi) is 5.99. The Bertz CT molecular complexity index is 1160. The van der Waals surface area contributed by atoms with Gasteiger partial charge in [-0.15, -0.1) is 0 Å². The van der Waals surface area contributed by atoms with Crippen molar-refractivity contribution >= 4 is 38.5 Å². The lowest BCUT2D eigenvalue weighted by Gasteiger charge is -2.14. The van der Waals surface area contributed by atoms with Crippen molar-refractivity contribution in [3.05, 3.63) is 35.0 Å². The third-order valence-electron chi connectivity index (χ3n) is 4.10. The van der Waals surface area contributed by atoms with E-state index in [-0.39, 0.29) is 22.2 Å². The molecule has 0 aliphatic rings. The van der Waals surface area contributed by atoms with Crippen molar-refractivity contribution in [2.24, 2.45) is 0 Å². The first kappa shape index (κ1) is 22.0. The Morgan fingerprint density at radius 3 is 2.37 bits per heavy atom. The molecule has 1 aromatic carbocycles. The largest absolute Gasteiger partial charge is 0.481 e.